The third kappa shape index (κ3) is 13.6. The van der Waals surface area contributed by atoms with E-state index in [4.69, 9.17) is 75.8 Å². The van der Waals surface area contributed by atoms with Gasteiger partial charge in [0.15, 0.2) is 89.0 Å². The van der Waals surface area contributed by atoms with Crippen LogP contribution >= 0.6 is 0 Å². The van der Waals surface area contributed by atoms with Crippen molar-refractivity contribution in [3.05, 3.63) is 50.8 Å². The summed E-state index contributed by atoms with van der Waals surface area (Å²) in [4.78, 5) is 89.7. The first-order valence-electron chi connectivity index (χ1n) is 42.2. The minimum absolute atomic E-state index is 0.0239. The van der Waals surface area contributed by atoms with E-state index in [0.717, 1.165) is 35.2 Å². The molecule has 39 nitrogen and oxygen atoms in total. The maximum absolute atomic E-state index is 16.4. The number of aliphatic hydroxyl groups is 13. The van der Waals surface area contributed by atoms with Crippen molar-refractivity contribution in [2.24, 2.45) is 11.8 Å². The number of hydrogen-bond acceptors (Lipinski definition) is 39. The van der Waals surface area contributed by atoms with Crippen LogP contribution in [0.2, 0.25) is 0 Å². The van der Waals surface area contributed by atoms with Gasteiger partial charge >= 0.3 is 0 Å². The van der Waals surface area contributed by atoms with Crippen LogP contribution < -0.4 is 9.47 Å². The predicted octanol–water partition coefficient (Wildman–Crippen LogP) is 0.343. The summed E-state index contributed by atoms with van der Waals surface area (Å²) >= 11 is 0. The van der Waals surface area contributed by atoms with E-state index >= 15 is 19.2 Å². The number of allylic oxidation sites excluding steroid dienone is 2. The topological polar surface area (TPSA) is 594 Å². The zero-order valence-corrected chi connectivity index (χ0v) is 70.6. The van der Waals surface area contributed by atoms with E-state index in [1.54, 1.807) is 27.7 Å². The molecule has 7 saturated heterocycles. The van der Waals surface area contributed by atoms with Crippen molar-refractivity contribution < 1.29 is 191 Å². The number of fused-ring (bicyclic) bond motifs is 6. The van der Waals surface area contributed by atoms with Gasteiger partial charge < -0.3 is 163 Å². The van der Waals surface area contributed by atoms with E-state index in [-0.39, 0.29) is 68.7 Å². The van der Waals surface area contributed by atoms with Crippen molar-refractivity contribution in [1.29, 1.82) is 0 Å². The fourth-order valence-electron chi connectivity index (χ4n) is 21.9. The number of hydrogen-bond donors (Lipinski definition) is 17. The standard InChI is InChI=1S/C85H112O39/c1-14-20-80(104)78(122-45-18-16-41(28(3)112-45)118-49-26-43(90)82(105,32(7)86)34(9)116-49)68(100)71(120-47-24-39(88)60(92)30(5)114-47)38-23-36-22-37-52(62(94)51(36)76(102)84(38,80)107)63(95)56(74(111-13)70(37)109-11)55-64(96)53-54(67(99)73(55)110-12)65(97)57-58(66(53)98)77(103)85(108)59-72(57)124-81(85,21-15-2)79(69(101)75(59)121-48-25-40(89)61(93)31(6)115-48)123-46-19-17-42(29(4)113-46)119-50-27-44(91)83(106,33(8)87)35(10)117-50/h22,28-31,34-35,38-50,59-61,68-69,71-72,75,78-79,88-95,97-98,100-101,104-108H,14-21,23-27H2,1-13H3/t28-,29-,30+,31+,34-,35-,38-,39-,40-,41+,42+,43+,44+,45+,46+,47+,48-,49-,50-,59-,60+,61+,68-,69+,71+,72+,75+,78+,79+,80-,81+,82+,83+,84-,85-/m1/s1. The number of phenols is 4. The average Bonchev–Trinajstić information content (AvgIpc) is 1.42. The lowest BCUT2D eigenvalue weighted by Crippen LogP contribution is -2.80. The molecule has 3 aromatic rings. The lowest BCUT2D eigenvalue weighted by atomic mass is 9.53. The van der Waals surface area contributed by atoms with Gasteiger partial charge in [-0.3, -0.25) is 28.8 Å². The summed E-state index contributed by atoms with van der Waals surface area (Å²) in [5.74, 6) is -18.1. The number of ether oxygens (including phenoxy) is 16. The Labute approximate surface area is 710 Å². The molecule has 2 saturated carbocycles. The van der Waals surface area contributed by atoms with Gasteiger partial charge in [0, 0.05) is 55.4 Å². The van der Waals surface area contributed by atoms with Gasteiger partial charge in [-0.15, -0.1) is 0 Å². The summed E-state index contributed by atoms with van der Waals surface area (Å²) in [6.07, 6.45) is -41.8. The predicted molar refractivity (Wildman–Crippen MR) is 415 cm³/mol. The molecule has 9 fully saturated rings. The first-order valence-corrected chi connectivity index (χ1v) is 42.2. The lowest BCUT2D eigenvalue weighted by Gasteiger charge is -2.60. The number of carbonyl (C=O) groups excluding carboxylic acids is 6. The molecule has 0 aromatic heterocycles. The lowest BCUT2D eigenvalue weighted by molar-refractivity contribution is -0.359. The Morgan fingerprint density at radius 2 is 0.944 bits per heavy atom. The Hall–Kier alpha value is -6.76. The number of Topliss-reactive ketones (excluding diaryl/α,β-unsaturated/α-hetero) is 6. The Morgan fingerprint density at radius 3 is 1.42 bits per heavy atom. The Balaban J connectivity index is 0.797. The molecule has 12 aliphatic rings. The normalized spacial score (nSPS) is 43.9. The van der Waals surface area contributed by atoms with Crippen molar-refractivity contribution in [3.63, 3.8) is 0 Å². The molecule has 0 amide bonds. The molecule has 3 aromatic carbocycles. The van der Waals surface area contributed by atoms with Gasteiger partial charge in [0.25, 0.3) is 0 Å². The summed E-state index contributed by atoms with van der Waals surface area (Å²) in [6, 6.07) is 1.23. The highest BCUT2D eigenvalue weighted by Crippen LogP contribution is 2.69. The maximum Gasteiger partial charge on any atom is 0.232 e. The number of carbonyl (C=O) groups is 6. The molecule has 0 spiro atoms. The van der Waals surface area contributed by atoms with Gasteiger partial charge in [0.1, 0.15) is 70.8 Å². The molecule has 0 unspecified atom stereocenters. The second-order valence-electron chi connectivity index (χ2n) is 35.3. The highest BCUT2D eigenvalue weighted by atomic mass is 16.8. The van der Waals surface area contributed by atoms with E-state index in [1.165, 1.54) is 33.8 Å². The number of phenolic OH excluding ortho intramolecular Hbond substituents is 4. The molecule has 4 bridgehead atoms. The molecular formula is C85H112O39. The number of rotatable bonds is 22. The number of aliphatic hydroxyl groups excluding tert-OH is 8. The second-order valence-corrected chi connectivity index (χ2v) is 35.3. The van der Waals surface area contributed by atoms with Gasteiger partial charge in [-0.05, 0) is 99.1 Å². The van der Waals surface area contributed by atoms with Gasteiger partial charge in [-0.25, -0.2) is 0 Å². The largest absolute Gasteiger partial charge is 0.507 e. The van der Waals surface area contributed by atoms with Crippen LogP contribution in [0.5, 0.6) is 34.5 Å². The molecule has 39 heteroatoms. The van der Waals surface area contributed by atoms with Crippen LogP contribution in [0.4, 0.5) is 0 Å². The number of ketones is 6. The number of aromatic hydroxyl groups is 4. The summed E-state index contributed by atoms with van der Waals surface area (Å²) in [5, 5.41) is 207. The summed E-state index contributed by atoms with van der Waals surface area (Å²) in [5.41, 5.74) is -22.9. The third-order valence-corrected chi connectivity index (χ3v) is 28.4. The third-order valence-electron chi connectivity index (χ3n) is 28.4. The summed E-state index contributed by atoms with van der Waals surface area (Å²) < 4.78 is 100. The molecule has 5 aliphatic carbocycles. The number of methoxy groups -OCH3 is 3. The highest BCUT2D eigenvalue weighted by Gasteiger charge is 2.82. The molecule has 35 atom stereocenters. The van der Waals surface area contributed by atoms with Crippen molar-refractivity contribution in [2.45, 2.75) is 352 Å². The van der Waals surface area contributed by atoms with Crippen LogP contribution in [0.15, 0.2) is 11.8 Å². The zero-order chi connectivity index (χ0) is 90.2. The van der Waals surface area contributed by atoms with Gasteiger partial charge in [-0.2, -0.15) is 0 Å². The smallest absolute Gasteiger partial charge is 0.232 e. The van der Waals surface area contributed by atoms with Crippen LogP contribution in [0.25, 0.3) is 16.3 Å². The van der Waals surface area contributed by atoms with Gasteiger partial charge in [0.05, 0.1) is 158 Å². The summed E-state index contributed by atoms with van der Waals surface area (Å²) in [6.45, 7) is 14.3. The first kappa shape index (κ1) is 92.0. The van der Waals surface area contributed by atoms with E-state index in [1.807, 2.05) is 0 Å². The Morgan fingerprint density at radius 1 is 0.476 bits per heavy atom. The van der Waals surface area contributed by atoms with Crippen molar-refractivity contribution in [1.82, 2.24) is 0 Å². The van der Waals surface area contributed by atoms with Crippen LogP contribution in [-0.2, 0) is 82.3 Å². The molecule has 7 heterocycles. The van der Waals surface area contributed by atoms with Gasteiger partial charge in [-0.1, -0.05) is 26.7 Å². The van der Waals surface area contributed by atoms with Crippen LogP contribution in [0.1, 0.15) is 211 Å². The second kappa shape index (κ2) is 33.3. The average molecular weight is 1760 g/mol. The fourth-order valence-corrected chi connectivity index (χ4v) is 21.9. The molecule has 17 N–H and O–H groups in total. The van der Waals surface area contributed by atoms with E-state index < -0.39 is 356 Å². The monoisotopic (exact) mass is 1760 g/mol. The minimum atomic E-state index is -3.24. The highest BCUT2D eigenvalue weighted by molar-refractivity contribution is 6.43. The quantitative estimate of drug-likeness (QED) is 0.0603. The molecule has 686 valence electrons. The fraction of sp³-hybridized carbons (Fsp3) is 0.718. The van der Waals surface area contributed by atoms with Crippen LogP contribution in [-0.4, -0.2) is 336 Å². The molecule has 15 rings (SSSR count). The van der Waals surface area contributed by atoms with E-state index in [9.17, 15) is 96.4 Å². The first-order chi connectivity index (χ1) is 58.4. The van der Waals surface area contributed by atoms with Crippen molar-refractivity contribution in [3.8, 4) is 34.5 Å². The van der Waals surface area contributed by atoms with E-state index in [2.05, 4.69) is 0 Å². The van der Waals surface area contributed by atoms with Crippen LogP contribution in [0, 0.1) is 11.8 Å². The molecular weight excluding hydrogens is 1640 g/mol. The molecule has 7 aliphatic heterocycles. The Bertz CT molecular complexity index is 4690. The van der Waals surface area contributed by atoms with Gasteiger partial charge in [0.2, 0.25) is 23.1 Å². The Kier molecular flexibility index (Phi) is 24.7. The van der Waals surface area contributed by atoms with Crippen molar-refractivity contribution in [2.75, 3.05) is 21.3 Å². The van der Waals surface area contributed by atoms with Crippen LogP contribution in [0.3, 0.4) is 0 Å². The molecule has 124 heavy (non-hydrogen) atoms. The SMILES string of the molecule is CCC[C@@]1(O)[C@@H](O[C@H]2CC[C@H](O[C@@H]3C[C@H](O)[C@](O)(C(C)=O)[C@@H](C)O3)[C@@H](C)O2)[C@H](O)[C@@H](O[C@H]2C[C@@H](O)[C@@H](O)[C@H](C)O2)[C@H]2Cc3cc4c(OC)c(OC)c(C5=C(OC)C(=O)c6c(O)c7c(c(O)c6C5=O)C(=O)[C@]5(O)[C@H]6[C@H](O[C@@H]8C[C@@H](O)[C@@H](O)[C@H](C)O8)[C@H](O)[C@H](O[C@H]8CC[C@H](O[C@@H]9C[C@H](O)[C@](O)(C(C)=O)[C@@H](C)O9)[C@@H](C)O8)[C@]5(CCC)O[C@@H]76)c(O)c4c(O)c3C(=O)[C@]21O. The summed E-state index contributed by atoms with van der Waals surface area (Å²) in [7, 11) is 3.04. The maximum atomic E-state index is 16.4. The molecule has 0 radical (unpaired) electrons. The van der Waals surface area contributed by atoms with Crippen molar-refractivity contribution >= 4 is 51.0 Å². The number of benzene rings is 3. The zero-order valence-electron chi connectivity index (χ0n) is 70.6. The van der Waals surface area contributed by atoms with E-state index in [0.29, 0.717) is 0 Å². The minimum Gasteiger partial charge on any atom is -0.507 e.